The molecule has 3 atom stereocenters. The Morgan fingerprint density at radius 1 is 1.56 bits per heavy atom. The lowest BCUT2D eigenvalue weighted by atomic mass is 10.1. The average molecular weight is 148 g/mol. The van der Waals surface area contributed by atoms with E-state index in [2.05, 4.69) is 9.47 Å². The monoisotopic (exact) mass is 148 g/mol. The predicted octanol–water partition coefficient (Wildman–Crippen LogP) is 0.954. The third-order valence-corrected chi connectivity index (χ3v) is 2.33. The van der Waals surface area contributed by atoms with Crippen molar-refractivity contribution in [3.05, 3.63) is 0 Å². The van der Waals surface area contributed by atoms with E-state index in [1.54, 1.807) is 0 Å². The molecule has 0 aromatic carbocycles. The Bertz CT molecular complexity index is 77.1. The summed E-state index contributed by atoms with van der Waals surface area (Å²) in [6.07, 6.45) is 3.64. The highest BCUT2D eigenvalue weighted by molar-refractivity contribution is 7.09. The van der Waals surface area contributed by atoms with E-state index in [0.29, 0.717) is 18.6 Å². The molecule has 1 rings (SSSR count). The van der Waals surface area contributed by atoms with Crippen LogP contribution in [-0.2, 0) is 4.52 Å². The third-order valence-electron chi connectivity index (χ3n) is 1.94. The second-order valence-electron chi connectivity index (χ2n) is 2.62. The molecule has 1 aliphatic rings. The van der Waals surface area contributed by atoms with Crippen LogP contribution in [0.25, 0.3) is 0 Å². The van der Waals surface area contributed by atoms with Crippen molar-refractivity contribution in [2.45, 2.75) is 25.4 Å². The van der Waals surface area contributed by atoms with Crippen LogP contribution in [0.2, 0.25) is 0 Å². The first-order valence-electron chi connectivity index (χ1n) is 3.33. The van der Waals surface area contributed by atoms with Gasteiger partial charge in [-0.15, -0.1) is 0 Å². The van der Waals surface area contributed by atoms with Gasteiger partial charge in [-0.3, -0.25) is 0 Å². The molecule has 0 spiro atoms. The summed E-state index contributed by atoms with van der Waals surface area (Å²) in [6.45, 7) is 0.324. The summed E-state index contributed by atoms with van der Waals surface area (Å²) < 4.78 is 5.05. The first-order chi connectivity index (χ1) is 4.36. The van der Waals surface area contributed by atoms with Gasteiger partial charge in [0.15, 0.2) is 0 Å². The van der Waals surface area contributed by atoms with Gasteiger partial charge in [-0.25, -0.2) is 0 Å². The zero-order chi connectivity index (χ0) is 6.69. The molecule has 0 heterocycles. The maximum Gasteiger partial charge on any atom is 0.0614 e. The zero-order valence-electron chi connectivity index (χ0n) is 5.42. The molecule has 0 radical (unpaired) electrons. The van der Waals surface area contributed by atoms with Gasteiger partial charge < -0.3 is 9.63 Å². The lowest BCUT2D eigenvalue weighted by Gasteiger charge is -2.05. The summed E-state index contributed by atoms with van der Waals surface area (Å²) >= 11 is 0. The number of hydrogen-bond acceptors (Lipinski definition) is 2. The normalized spacial score (nSPS) is 35.3. The van der Waals surface area contributed by atoms with Crippen LogP contribution in [-0.4, -0.2) is 17.8 Å². The molecule has 2 nitrogen and oxygen atoms in total. The van der Waals surface area contributed by atoms with Crippen LogP contribution in [0, 0.1) is 5.92 Å². The largest absolute Gasteiger partial charge is 0.396 e. The predicted molar refractivity (Wildman–Crippen MR) is 39.0 cm³/mol. The standard InChI is InChI=1S/C6H13O2P/c7-4-5-1-2-6(3-5)8-9/h5-7H,1-4,9H2/t5-,6?/m0/s1. The maximum absolute atomic E-state index is 8.72. The first-order valence-corrected chi connectivity index (χ1v) is 3.80. The van der Waals surface area contributed by atoms with Crippen LogP contribution in [0.15, 0.2) is 0 Å². The quantitative estimate of drug-likeness (QED) is 0.591. The molecule has 1 saturated carbocycles. The van der Waals surface area contributed by atoms with Crippen molar-refractivity contribution in [1.29, 1.82) is 0 Å². The Morgan fingerprint density at radius 2 is 2.33 bits per heavy atom. The summed E-state index contributed by atoms with van der Waals surface area (Å²) in [7, 11) is 2.28. The van der Waals surface area contributed by atoms with Crippen molar-refractivity contribution in [2.75, 3.05) is 6.61 Å². The van der Waals surface area contributed by atoms with E-state index in [1.165, 1.54) is 0 Å². The summed E-state index contributed by atoms with van der Waals surface area (Å²) in [6, 6.07) is 0. The molecule has 0 aliphatic heterocycles. The second-order valence-corrected chi connectivity index (χ2v) is 2.89. The fraction of sp³-hybridized carbons (Fsp3) is 1.00. The van der Waals surface area contributed by atoms with Crippen molar-refractivity contribution >= 4 is 9.47 Å². The summed E-state index contributed by atoms with van der Waals surface area (Å²) in [5, 5.41) is 8.72. The van der Waals surface area contributed by atoms with Crippen molar-refractivity contribution in [3.63, 3.8) is 0 Å². The molecule has 1 fully saturated rings. The van der Waals surface area contributed by atoms with Gasteiger partial charge in [0.05, 0.1) is 6.10 Å². The Balaban J connectivity index is 2.20. The molecule has 1 aliphatic carbocycles. The van der Waals surface area contributed by atoms with E-state index in [4.69, 9.17) is 9.63 Å². The summed E-state index contributed by atoms with van der Waals surface area (Å²) in [5.41, 5.74) is 0. The minimum atomic E-state index is 0.324. The summed E-state index contributed by atoms with van der Waals surface area (Å²) in [4.78, 5) is 0. The molecule has 0 aromatic heterocycles. The van der Waals surface area contributed by atoms with Crippen molar-refractivity contribution in [3.8, 4) is 0 Å². The van der Waals surface area contributed by atoms with Gasteiger partial charge in [0.2, 0.25) is 0 Å². The van der Waals surface area contributed by atoms with Crippen molar-refractivity contribution in [1.82, 2.24) is 0 Å². The van der Waals surface area contributed by atoms with E-state index in [9.17, 15) is 0 Å². The van der Waals surface area contributed by atoms with E-state index in [0.717, 1.165) is 19.3 Å². The topological polar surface area (TPSA) is 29.5 Å². The molecule has 54 valence electrons. The van der Waals surface area contributed by atoms with Crippen LogP contribution < -0.4 is 0 Å². The van der Waals surface area contributed by atoms with Gasteiger partial charge in [0.1, 0.15) is 0 Å². The second kappa shape index (κ2) is 3.50. The minimum absolute atomic E-state index is 0.324. The maximum atomic E-state index is 8.72. The molecular formula is C6H13O2P. The van der Waals surface area contributed by atoms with Crippen LogP contribution in [0.4, 0.5) is 0 Å². The fourth-order valence-corrected chi connectivity index (χ4v) is 1.57. The molecule has 0 saturated heterocycles. The molecule has 0 amide bonds. The highest BCUT2D eigenvalue weighted by Gasteiger charge is 2.23. The Kier molecular flexibility index (Phi) is 2.90. The number of aliphatic hydroxyl groups excluding tert-OH is 1. The van der Waals surface area contributed by atoms with E-state index in [1.807, 2.05) is 0 Å². The number of rotatable bonds is 2. The molecule has 0 bridgehead atoms. The lowest BCUT2D eigenvalue weighted by molar-refractivity contribution is 0.202. The van der Waals surface area contributed by atoms with E-state index in [-0.39, 0.29) is 0 Å². The highest BCUT2D eigenvalue weighted by Crippen LogP contribution is 2.28. The van der Waals surface area contributed by atoms with Crippen LogP contribution in [0.3, 0.4) is 0 Å². The molecule has 1 N–H and O–H groups in total. The fourth-order valence-electron chi connectivity index (χ4n) is 1.32. The average Bonchev–Trinajstić information content (AvgIpc) is 2.34. The van der Waals surface area contributed by atoms with Crippen LogP contribution >= 0.6 is 9.47 Å². The molecule has 3 heteroatoms. The van der Waals surface area contributed by atoms with Crippen molar-refractivity contribution < 1.29 is 9.63 Å². The Labute approximate surface area is 57.9 Å². The number of hydrogen-bond donors (Lipinski definition) is 1. The lowest BCUT2D eigenvalue weighted by Crippen LogP contribution is -2.04. The molecule has 2 unspecified atom stereocenters. The third kappa shape index (κ3) is 1.89. The SMILES string of the molecule is OC[C@H]1CCC(OP)C1. The van der Waals surface area contributed by atoms with Gasteiger partial charge in [-0.2, -0.15) is 0 Å². The van der Waals surface area contributed by atoms with Gasteiger partial charge in [0.25, 0.3) is 0 Å². The molecule has 0 aromatic rings. The van der Waals surface area contributed by atoms with E-state index >= 15 is 0 Å². The highest BCUT2D eigenvalue weighted by atomic mass is 31.0. The molecular weight excluding hydrogens is 135 g/mol. The first kappa shape index (κ1) is 7.46. The zero-order valence-corrected chi connectivity index (χ0v) is 6.57. The van der Waals surface area contributed by atoms with Crippen LogP contribution in [0.1, 0.15) is 19.3 Å². The summed E-state index contributed by atoms with van der Waals surface area (Å²) in [5.74, 6) is 0.496. The minimum Gasteiger partial charge on any atom is -0.396 e. The smallest absolute Gasteiger partial charge is 0.0614 e. The number of aliphatic hydroxyl groups is 1. The van der Waals surface area contributed by atoms with E-state index < -0.39 is 0 Å². The molecule has 9 heavy (non-hydrogen) atoms. The van der Waals surface area contributed by atoms with Gasteiger partial charge in [-0.1, -0.05) is 0 Å². The Morgan fingerprint density at radius 3 is 2.67 bits per heavy atom. The van der Waals surface area contributed by atoms with Gasteiger partial charge >= 0.3 is 0 Å². The Hall–Kier alpha value is 0.350. The van der Waals surface area contributed by atoms with Crippen molar-refractivity contribution in [2.24, 2.45) is 5.92 Å². The van der Waals surface area contributed by atoms with Crippen LogP contribution in [0.5, 0.6) is 0 Å². The van der Waals surface area contributed by atoms with Gasteiger partial charge in [-0.05, 0) is 25.2 Å². The van der Waals surface area contributed by atoms with Gasteiger partial charge in [0, 0.05) is 16.1 Å².